The molecule has 8 heteroatoms. The van der Waals surface area contributed by atoms with Gasteiger partial charge in [-0.1, -0.05) is 0 Å². The van der Waals surface area contributed by atoms with Crippen molar-refractivity contribution in [3.63, 3.8) is 0 Å². The number of H-pyrrole nitrogens is 2. The number of fused-ring (bicyclic) bond motifs is 6. The lowest BCUT2D eigenvalue weighted by Crippen LogP contribution is -1.91. The molecule has 4 heterocycles. The van der Waals surface area contributed by atoms with Crippen LogP contribution in [0.25, 0.3) is 43.6 Å². The molecule has 0 saturated heterocycles. The van der Waals surface area contributed by atoms with E-state index in [-0.39, 0.29) is 0 Å². The van der Waals surface area contributed by atoms with Crippen molar-refractivity contribution in [1.82, 2.24) is 19.9 Å². The summed E-state index contributed by atoms with van der Waals surface area (Å²) in [6.45, 7) is 0.752. The lowest BCUT2D eigenvalue weighted by atomic mass is 10.1. The molecule has 6 aromatic rings. The third-order valence-corrected chi connectivity index (χ3v) is 6.15. The summed E-state index contributed by atoms with van der Waals surface area (Å²) in [7, 11) is 3.33. The van der Waals surface area contributed by atoms with Crippen LogP contribution in [-0.2, 0) is 13.1 Å². The number of hydrogen-bond donors (Lipinski definition) is 2. The van der Waals surface area contributed by atoms with Crippen LogP contribution in [0.5, 0.6) is 11.5 Å². The first kappa shape index (κ1) is 20.2. The maximum atomic E-state index is 5.35. The summed E-state index contributed by atoms with van der Waals surface area (Å²) in [6.07, 6.45) is 3.62. The lowest BCUT2D eigenvalue weighted by Gasteiger charge is -1.99. The van der Waals surface area contributed by atoms with Crippen LogP contribution in [-0.4, -0.2) is 34.2 Å². The van der Waals surface area contributed by atoms with Crippen molar-refractivity contribution in [2.45, 2.75) is 13.1 Å². The summed E-state index contributed by atoms with van der Waals surface area (Å²) in [5.41, 5.74) is 5.64. The van der Waals surface area contributed by atoms with E-state index in [0.717, 1.165) is 66.5 Å². The number of nitrogens with one attached hydrogen (secondary N) is 2. The average molecular weight is 451 g/mol. The molecule has 0 radical (unpaired) electrons. The van der Waals surface area contributed by atoms with Crippen molar-refractivity contribution in [3.8, 4) is 11.5 Å². The van der Waals surface area contributed by atoms with Crippen LogP contribution in [0.1, 0.15) is 11.4 Å². The smallest absolute Gasteiger partial charge is 0.120 e. The topological polar surface area (TPSA) is 101 Å². The van der Waals surface area contributed by atoms with Gasteiger partial charge >= 0.3 is 0 Å². The summed E-state index contributed by atoms with van der Waals surface area (Å²) >= 11 is 0. The molecule has 6 rings (SSSR count). The number of nitrogens with zero attached hydrogens (tertiary/aromatic N) is 4. The largest absolute Gasteiger partial charge is 0.497 e. The number of methoxy groups -OCH3 is 2. The van der Waals surface area contributed by atoms with Crippen LogP contribution >= 0.6 is 0 Å². The number of hydrogen-bond acceptors (Lipinski definition) is 6. The van der Waals surface area contributed by atoms with Crippen molar-refractivity contribution in [2.24, 2.45) is 10.2 Å². The van der Waals surface area contributed by atoms with E-state index in [2.05, 4.69) is 42.3 Å². The van der Waals surface area contributed by atoms with Crippen LogP contribution in [0.4, 0.5) is 0 Å². The quantitative estimate of drug-likeness (QED) is 0.308. The van der Waals surface area contributed by atoms with Gasteiger partial charge in [-0.05, 0) is 36.4 Å². The molecule has 0 spiro atoms. The van der Waals surface area contributed by atoms with Gasteiger partial charge in [-0.3, -0.25) is 9.97 Å². The molecule has 2 N–H and O–H groups in total. The summed E-state index contributed by atoms with van der Waals surface area (Å²) in [5.74, 6) is 1.62. The van der Waals surface area contributed by atoms with Crippen LogP contribution < -0.4 is 9.47 Å². The first-order valence-corrected chi connectivity index (χ1v) is 10.9. The molecule has 0 amide bonds. The molecule has 0 saturated carbocycles. The number of benzene rings is 2. The fourth-order valence-corrected chi connectivity index (χ4v) is 4.46. The lowest BCUT2D eigenvalue weighted by molar-refractivity contribution is 0.415. The van der Waals surface area contributed by atoms with Gasteiger partial charge in [0.2, 0.25) is 0 Å². The highest BCUT2D eigenvalue weighted by molar-refractivity contribution is 6.09. The van der Waals surface area contributed by atoms with E-state index in [0.29, 0.717) is 13.1 Å². The van der Waals surface area contributed by atoms with Crippen LogP contribution in [0.2, 0.25) is 0 Å². The molecule has 0 atom stereocenters. The molecule has 0 aliphatic carbocycles. The minimum absolute atomic E-state index is 0.376. The molecular formula is C26H22N6O2. The second kappa shape index (κ2) is 8.15. The fourth-order valence-electron chi connectivity index (χ4n) is 4.46. The Kier molecular flexibility index (Phi) is 4.83. The van der Waals surface area contributed by atoms with E-state index >= 15 is 0 Å². The van der Waals surface area contributed by atoms with Gasteiger partial charge in [-0.15, -0.1) is 0 Å². The van der Waals surface area contributed by atoms with Gasteiger partial charge in [-0.2, -0.15) is 10.2 Å². The van der Waals surface area contributed by atoms with Crippen molar-refractivity contribution >= 4 is 43.6 Å². The normalized spacial score (nSPS) is 11.9. The van der Waals surface area contributed by atoms with Gasteiger partial charge in [0.1, 0.15) is 24.6 Å². The minimum Gasteiger partial charge on any atom is -0.497 e. The van der Waals surface area contributed by atoms with Gasteiger partial charge in [0.15, 0.2) is 0 Å². The zero-order valence-corrected chi connectivity index (χ0v) is 18.8. The molecular weight excluding hydrogens is 428 g/mol. The highest BCUT2D eigenvalue weighted by Crippen LogP contribution is 2.31. The maximum Gasteiger partial charge on any atom is 0.120 e. The summed E-state index contributed by atoms with van der Waals surface area (Å²) < 4.78 is 10.7. The molecule has 0 fully saturated rings. The number of aromatic amines is 2. The SMILES string of the molecule is COc1ccc2c(c1)[nH]c1c(CN=NCc3nccc4c3[nH]c3cc(OC)ccc34)nccc12. The zero-order chi connectivity index (χ0) is 23.1. The van der Waals surface area contributed by atoms with E-state index in [1.54, 1.807) is 14.2 Å². The minimum atomic E-state index is 0.376. The Morgan fingerprint density at radius 1 is 0.647 bits per heavy atom. The first-order valence-electron chi connectivity index (χ1n) is 10.9. The molecule has 4 aromatic heterocycles. The van der Waals surface area contributed by atoms with Crippen LogP contribution in [0, 0.1) is 0 Å². The standard InChI is InChI=1S/C26H22N6O2/c1-33-15-3-5-17-19-7-9-27-23(25(19)31-21(17)11-15)13-29-30-14-24-26-20(8-10-28-24)18-6-4-16(34-2)12-22(18)32-26/h3-12,31-32H,13-14H2,1-2H3. The Bertz CT molecular complexity index is 1570. The highest BCUT2D eigenvalue weighted by atomic mass is 16.5. The Morgan fingerprint density at radius 2 is 1.12 bits per heavy atom. The van der Waals surface area contributed by atoms with Gasteiger partial charge in [0.05, 0.1) is 47.7 Å². The first-order chi connectivity index (χ1) is 16.7. The van der Waals surface area contributed by atoms with Gasteiger partial charge in [0, 0.05) is 46.1 Å². The number of pyridine rings is 2. The molecule has 0 unspecified atom stereocenters. The van der Waals surface area contributed by atoms with E-state index < -0.39 is 0 Å². The van der Waals surface area contributed by atoms with Crippen molar-refractivity contribution < 1.29 is 9.47 Å². The molecule has 168 valence electrons. The Morgan fingerprint density at radius 3 is 1.56 bits per heavy atom. The van der Waals surface area contributed by atoms with E-state index in [4.69, 9.17) is 9.47 Å². The summed E-state index contributed by atoms with van der Waals surface area (Å²) in [4.78, 5) is 16.0. The fraction of sp³-hybridized carbons (Fsp3) is 0.154. The van der Waals surface area contributed by atoms with Gasteiger partial charge < -0.3 is 19.4 Å². The zero-order valence-electron chi connectivity index (χ0n) is 18.8. The van der Waals surface area contributed by atoms with Crippen molar-refractivity contribution in [1.29, 1.82) is 0 Å². The van der Waals surface area contributed by atoms with Crippen LogP contribution in [0.3, 0.4) is 0 Å². The van der Waals surface area contributed by atoms with Crippen molar-refractivity contribution in [2.75, 3.05) is 14.2 Å². The number of azo groups is 1. The number of ether oxygens (including phenoxy) is 2. The molecule has 0 aliphatic rings. The molecule has 0 bridgehead atoms. The Balaban J connectivity index is 1.28. The van der Waals surface area contributed by atoms with Crippen LogP contribution in [0.15, 0.2) is 71.2 Å². The third-order valence-electron chi connectivity index (χ3n) is 6.15. The van der Waals surface area contributed by atoms with Gasteiger partial charge in [-0.25, -0.2) is 0 Å². The maximum absolute atomic E-state index is 5.35. The predicted molar refractivity (Wildman–Crippen MR) is 133 cm³/mol. The summed E-state index contributed by atoms with van der Waals surface area (Å²) in [5, 5.41) is 13.3. The Labute approximate surface area is 194 Å². The molecule has 0 aliphatic heterocycles. The van der Waals surface area contributed by atoms with E-state index in [9.17, 15) is 0 Å². The third kappa shape index (κ3) is 3.31. The summed E-state index contributed by atoms with van der Waals surface area (Å²) in [6, 6.07) is 16.0. The second-order valence-electron chi connectivity index (χ2n) is 8.03. The van der Waals surface area contributed by atoms with E-state index in [1.165, 1.54) is 0 Å². The Hall–Kier alpha value is -4.46. The monoisotopic (exact) mass is 450 g/mol. The van der Waals surface area contributed by atoms with Gasteiger partial charge in [0.25, 0.3) is 0 Å². The number of rotatable bonds is 6. The number of aromatic nitrogens is 4. The average Bonchev–Trinajstić information content (AvgIpc) is 3.44. The predicted octanol–water partition coefficient (Wildman–Crippen LogP) is 5.92. The molecule has 8 nitrogen and oxygen atoms in total. The highest BCUT2D eigenvalue weighted by Gasteiger charge is 2.11. The molecule has 2 aromatic carbocycles. The van der Waals surface area contributed by atoms with Crippen molar-refractivity contribution in [3.05, 3.63) is 72.3 Å². The van der Waals surface area contributed by atoms with E-state index in [1.807, 2.05) is 48.8 Å². The second-order valence-corrected chi connectivity index (χ2v) is 8.03. The molecule has 34 heavy (non-hydrogen) atoms.